The van der Waals surface area contributed by atoms with Crippen molar-refractivity contribution in [1.29, 1.82) is 0 Å². The summed E-state index contributed by atoms with van der Waals surface area (Å²) >= 11 is 0. The van der Waals surface area contributed by atoms with Crippen molar-refractivity contribution in [3.63, 3.8) is 0 Å². The van der Waals surface area contributed by atoms with Crippen LogP contribution in [0.5, 0.6) is 11.5 Å². The highest BCUT2D eigenvalue weighted by molar-refractivity contribution is 5.96. The molecule has 0 aliphatic carbocycles. The van der Waals surface area contributed by atoms with Gasteiger partial charge in [0, 0.05) is 0 Å². The number of hydrogen-bond acceptors (Lipinski definition) is 5. The van der Waals surface area contributed by atoms with Crippen LogP contribution in [0.2, 0.25) is 0 Å². The fourth-order valence-electron chi connectivity index (χ4n) is 2.10. The van der Waals surface area contributed by atoms with E-state index in [0.717, 1.165) is 0 Å². The molecule has 0 radical (unpaired) electrons. The smallest absolute Gasteiger partial charge is 0.338 e. The first-order valence-corrected chi connectivity index (χ1v) is 8.32. The van der Waals surface area contributed by atoms with E-state index in [2.05, 4.69) is 19.2 Å². The molecule has 0 aliphatic heterocycles. The first kappa shape index (κ1) is 19.3. The van der Waals surface area contributed by atoms with Crippen LogP contribution >= 0.6 is 0 Å². The number of para-hydroxylation sites is 2. The van der Waals surface area contributed by atoms with Crippen molar-refractivity contribution >= 4 is 17.6 Å². The third kappa shape index (κ3) is 5.81. The van der Waals surface area contributed by atoms with Crippen LogP contribution in [-0.2, 0) is 9.53 Å². The number of ether oxygens (including phenoxy) is 3. The van der Waals surface area contributed by atoms with E-state index in [1.807, 2.05) is 0 Å². The van der Waals surface area contributed by atoms with Crippen LogP contribution in [-0.4, -0.2) is 32.2 Å². The van der Waals surface area contributed by atoms with Crippen LogP contribution in [0.1, 0.15) is 24.2 Å². The Balaban J connectivity index is 1.85. The van der Waals surface area contributed by atoms with Crippen molar-refractivity contribution in [2.75, 3.05) is 25.6 Å². The fourth-order valence-corrected chi connectivity index (χ4v) is 2.10. The summed E-state index contributed by atoms with van der Waals surface area (Å²) in [4.78, 5) is 24.0. The molecule has 0 fully saturated rings. The van der Waals surface area contributed by atoms with E-state index in [1.165, 1.54) is 7.11 Å². The summed E-state index contributed by atoms with van der Waals surface area (Å²) in [5.41, 5.74) is 0.870. The van der Waals surface area contributed by atoms with Gasteiger partial charge in [-0.1, -0.05) is 26.0 Å². The SMILES string of the molecule is COc1ccccc1NC(=O)COC(=O)c1ccc(OCC(C)C)cc1. The molecule has 0 heterocycles. The molecule has 6 heteroatoms. The van der Waals surface area contributed by atoms with Gasteiger partial charge in [0.05, 0.1) is 25.0 Å². The second-order valence-electron chi connectivity index (χ2n) is 6.05. The minimum absolute atomic E-state index is 0.354. The largest absolute Gasteiger partial charge is 0.495 e. The molecule has 0 saturated carbocycles. The van der Waals surface area contributed by atoms with E-state index in [9.17, 15) is 9.59 Å². The molecule has 0 atom stereocenters. The van der Waals surface area contributed by atoms with Crippen molar-refractivity contribution in [1.82, 2.24) is 0 Å². The van der Waals surface area contributed by atoms with Crippen LogP contribution in [0.25, 0.3) is 0 Å². The number of esters is 1. The third-order valence-electron chi connectivity index (χ3n) is 3.39. The molecule has 0 unspecified atom stereocenters. The molecule has 2 rings (SSSR count). The quantitative estimate of drug-likeness (QED) is 0.732. The highest BCUT2D eigenvalue weighted by Crippen LogP contribution is 2.22. The van der Waals surface area contributed by atoms with E-state index in [4.69, 9.17) is 14.2 Å². The molecule has 6 nitrogen and oxygen atoms in total. The number of benzene rings is 2. The monoisotopic (exact) mass is 357 g/mol. The van der Waals surface area contributed by atoms with Gasteiger partial charge in [-0.2, -0.15) is 0 Å². The van der Waals surface area contributed by atoms with Crippen molar-refractivity contribution < 1.29 is 23.8 Å². The summed E-state index contributed by atoms with van der Waals surface area (Å²) in [6.07, 6.45) is 0. The van der Waals surface area contributed by atoms with Gasteiger partial charge < -0.3 is 19.5 Å². The molecule has 2 aromatic carbocycles. The lowest BCUT2D eigenvalue weighted by Gasteiger charge is -2.11. The number of anilines is 1. The van der Waals surface area contributed by atoms with Crippen molar-refractivity contribution in [2.24, 2.45) is 5.92 Å². The van der Waals surface area contributed by atoms with Crippen molar-refractivity contribution in [3.8, 4) is 11.5 Å². The third-order valence-corrected chi connectivity index (χ3v) is 3.39. The Hall–Kier alpha value is -3.02. The Morgan fingerprint density at radius 2 is 1.73 bits per heavy atom. The number of methoxy groups -OCH3 is 1. The van der Waals surface area contributed by atoms with Gasteiger partial charge in [-0.25, -0.2) is 4.79 Å². The molecule has 0 spiro atoms. The van der Waals surface area contributed by atoms with Gasteiger partial charge in [0.25, 0.3) is 5.91 Å². The van der Waals surface area contributed by atoms with Gasteiger partial charge in [0.1, 0.15) is 11.5 Å². The van der Waals surface area contributed by atoms with E-state index in [-0.39, 0.29) is 6.61 Å². The first-order chi connectivity index (χ1) is 12.5. The molecule has 0 aliphatic rings. The molecule has 1 amide bonds. The van der Waals surface area contributed by atoms with Crippen molar-refractivity contribution in [3.05, 3.63) is 54.1 Å². The summed E-state index contributed by atoms with van der Waals surface area (Å²) in [5, 5.41) is 2.64. The Morgan fingerprint density at radius 1 is 1.04 bits per heavy atom. The highest BCUT2D eigenvalue weighted by atomic mass is 16.5. The second-order valence-corrected chi connectivity index (χ2v) is 6.05. The van der Waals surface area contributed by atoms with Crippen LogP contribution in [0.4, 0.5) is 5.69 Å². The molecule has 0 aromatic heterocycles. The lowest BCUT2D eigenvalue weighted by molar-refractivity contribution is -0.119. The summed E-state index contributed by atoms with van der Waals surface area (Å²) in [5.74, 6) is 0.616. The lowest BCUT2D eigenvalue weighted by atomic mass is 10.2. The standard InChI is InChI=1S/C20H23NO5/c1-14(2)12-25-16-10-8-15(9-11-16)20(23)26-13-19(22)21-17-6-4-5-7-18(17)24-3/h4-11,14H,12-13H2,1-3H3,(H,21,22). The summed E-state index contributed by atoms with van der Waals surface area (Å²) < 4.78 is 15.8. The Morgan fingerprint density at radius 3 is 2.38 bits per heavy atom. The van der Waals surface area contributed by atoms with E-state index in [1.54, 1.807) is 48.5 Å². The second kappa shape index (κ2) is 9.46. The minimum Gasteiger partial charge on any atom is -0.495 e. The maximum atomic E-state index is 12.0. The van der Waals surface area contributed by atoms with Gasteiger partial charge in [-0.15, -0.1) is 0 Å². The molecule has 1 N–H and O–H groups in total. The minimum atomic E-state index is -0.574. The predicted molar refractivity (Wildman–Crippen MR) is 98.7 cm³/mol. The number of amides is 1. The number of rotatable bonds is 8. The number of carbonyl (C=O) groups excluding carboxylic acids is 2. The zero-order valence-electron chi connectivity index (χ0n) is 15.2. The first-order valence-electron chi connectivity index (χ1n) is 8.32. The zero-order chi connectivity index (χ0) is 18.9. The Labute approximate surface area is 153 Å². The maximum Gasteiger partial charge on any atom is 0.338 e. The number of nitrogens with one attached hydrogen (secondary N) is 1. The van der Waals surface area contributed by atoms with Gasteiger partial charge >= 0.3 is 5.97 Å². The maximum absolute atomic E-state index is 12.0. The predicted octanol–water partition coefficient (Wildman–Crippen LogP) is 3.53. The molecule has 2 aromatic rings. The normalized spacial score (nSPS) is 10.3. The van der Waals surface area contributed by atoms with Crippen LogP contribution in [0.15, 0.2) is 48.5 Å². The lowest BCUT2D eigenvalue weighted by Crippen LogP contribution is -2.21. The van der Waals surface area contributed by atoms with Crippen LogP contribution in [0.3, 0.4) is 0 Å². The van der Waals surface area contributed by atoms with E-state index < -0.39 is 11.9 Å². The van der Waals surface area contributed by atoms with Crippen LogP contribution < -0.4 is 14.8 Å². The molecular formula is C20H23NO5. The van der Waals surface area contributed by atoms with E-state index >= 15 is 0 Å². The Kier molecular flexibility index (Phi) is 7.02. The Bertz CT molecular complexity index is 740. The molecule has 138 valence electrons. The average molecular weight is 357 g/mol. The highest BCUT2D eigenvalue weighted by Gasteiger charge is 2.12. The molecule has 26 heavy (non-hydrogen) atoms. The summed E-state index contributed by atoms with van der Waals surface area (Å²) in [6, 6.07) is 13.6. The number of hydrogen-bond donors (Lipinski definition) is 1. The van der Waals surface area contributed by atoms with Gasteiger partial charge in [0.2, 0.25) is 0 Å². The fraction of sp³-hybridized carbons (Fsp3) is 0.300. The van der Waals surface area contributed by atoms with E-state index in [0.29, 0.717) is 35.3 Å². The molecule has 0 saturated heterocycles. The topological polar surface area (TPSA) is 73.9 Å². The molecular weight excluding hydrogens is 334 g/mol. The van der Waals surface area contributed by atoms with Crippen LogP contribution in [0, 0.1) is 5.92 Å². The van der Waals surface area contributed by atoms with Gasteiger partial charge in [-0.3, -0.25) is 4.79 Å². The number of carbonyl (C=O) groups is 2. The molecule has 0 bridgehead atoms. The van der Waals surface area contributed by atoms with Crippen molar-refractivity contribution in [2.45, 2.75) is 13.8 Å². The zero-order valence-corrected chi connectivity index (χ0v) is 15.2. The summed E-state index contributed by atoms with van der Waals surface area (Å²) in [6.45, 7) is 4.33. The average Bonchev–Trinajstić information content (AvgIpc) is 2.65. The van der Waals surface area contributed by atoms with Gasteiger partial charge in [-0.05, 0) is 42.3 Å². The van der Waals surface area contributed by atoms with Gasteiger partial charge in [0.15, 0.2) is 6.61 Å². The summed E-state index contributed by atoms with van der Waals surface area (Å²) in [7, 11) is 1.51.